The average molecular weight is 216 g/mol. The van der Waals surface area contributed by atoms with Crippen LogP contribution in [0, 0.1) is 19.3 Å². The normalized spacial score (nSPS) is 39.2. The second-order valence-corrected chi connectivity index (χ2v) is 5.64. The molecule has 16 heavy (non-hydrogen) atoms. The standard InChI is InChI=1S/C12H22N2.CH3.Li/c1-13-7-10-6-11(9-13)12-4-2-3-5-14(12)8-10;;/h10-12H,2-9H2,1H3;1H3;/q;-1;+1/t10-,11+,12-;;/m0../s1. The van der Waals surface area contributed by atoms with Gasteiger partial charge in [0.2, 0.25) is 0 Å². The molecule has 0 unspecified atom stereocenters. The van der Waals surface area contributed by atoms with Gasteiger partial charge in [0.05, 0.1) is 0 Å². The van der Waals surface area contributed by atoms with Gasteiger partial charge in [0.1, 0.15) is 0 Å². The molecule has 3 atom stereocenters. The predicted octanol–water partition coefficient (Wildman–Crippen LogP) is -1.12. The first-order chi connectivity index (χ1) is 6.83. The summed E-state index contributed by atoms with van der Waals surface area (Å²) in [7, 11) is 2.30. The van der Waals surface area contributed by atoms with E-state index < -0.39 is 0 Å². The quantitative estimate of drug-likeness (QED) is 0.374. The molecule has 2 bridgehead atoms. The summed E-state index contributed by atoms with van der Waals surface area (Å²) in [6.07, 6.45) is 5.93. The van der Waals surface area contributed by atoms with Gasteiger partial charge in [-0.2, -0.15) is 0 Å². The molecule has 88 valence electrons. The van der Waals surface area contributed by atoms with Gasteiger partial charge < -0.3 is 12.3 Å². The van der Waals surface area contributed by atoms with Gasteiger partial charge in [0.25, 0.3) is 0 Å². The van der Waals surface area contributed by atoms with E-state index in [4.69, 9.17) is 0 Å². The zero-order valence-corrected chi connectivity index (χ0v) is 11.3. The SMILES string of the molecule is CN1C[C@@H]2C[C@H](C1)[C@@H]1CCCCN1C2.[CH3-].[Li+]. The molecule has 2 nitrogen and oxygen atoms in total. The fourth-order valence-corrected chi connectivity index (χ4v) is 4.01. The minimum absolute atomic E-state index is 0. The number of likely N-dealkylation sites (tertiary alicyclic amines) is 1. The molecule has 3 fully saturated rings. The van der Waals surface area contributed by atoms with Crippen LogP contribution in [0.5, 0.6) is 0 Å². The van der Waals surface area contributed by atoms with Crippen molar-refractivity contribution in [2.45, 2.75) is 31.7 Å². The van der Waals surface area contributed by atoms with Gasteiger partial charge in [0.15, 0.2) is 0 Å². The molecular weight excluding hydrogens is 191 g/mol. The molecule has 3 saturated heterocycles. The summed E-state index contributed by atoms with van der Waals surface area (Å²) in [6, 6.07) is 0.947. The summed E-state index contributed by atoms with van der Waals surface area (Å²) in [4.78, 5) is 5.36. The largest absolute Gasteiger partial charge is 1.00 e. The second-order valence-electron chi connectivity index (χ2n) is 5.64. The van der Waals surface area contributed by atoms with Crippen molar-refractivity contribution < 1.29 is 18.9 Å². The van der Waals surface area contributed by atoms with Gasteiger partial charge in [-0.1, -0.05) is 6.42 Å². The first-order valence-corrected chi connectivity index (χ1v) is 6.25. The number of rotatable bonds is 0. The van der Waals surface area contributed by atoms with Crippen molar-refractivity contribution >= 4 is 0 Å². The fourth-order valence-electron chi connectivity index (χ4n) is 4.01. The van der Waals surface area contributed by atoms with E-state index in [1.54, 1.807) is 0 Å². The van der Waals surface area contributed by atoms with E-state index in [9.17, 15) is 0 Å². The maximum absolute atomic E-state index is 2.80. The predicted molar refractivity (Wildman–Crippen MR) is 64.7 cm³/mol. The molecule has 0 spiro atoms. The third kappa shape index (κ3) is 2.67. The Morgan fingerprint density at radius 2 is 1.88 bits per heavy atom. The van der Waals surface area contributed by atoms with Crippen LogP contribution in [0.4, 0.5) is 0 Å². The minimum Gasteiger partial charge on any atom is -0.358 e. The van der Waals surface area contributed by atoms with Crippen LogP contribution in [0.2, 0.25) is 0 Å². The van der Waals surface area contributed by atoms with Crippen LogP contribution in [0.15, 0.2) is 0 Å². The van der Waals surface area contributed by atoms with Crippen LogP contribution in [-0.2, 0) is 0 Å². The van der Waals surface area contributed by atoms with Gasteiger partial charge in [-0.05, 0) is 44.7 Å². The summed E-state index contributed by atoms with van der Waals surface area (Å²) in [5, 5.41) is 0. The zero-order chi connectivity index (χ0) is 9.54. The van der Waals surface area contributed by atoms with Gasteiger partial charge in [0, 0.05) is 25.7 Å². The summed E-state index contributed by atoms with van der Waals surface area (Å²) >= 11 is 0. The monoisotopic (exact) mass is 216 g/mol. The van der Waals surface area contributed by atoms with Gasteiger partial charge >= 0.3 is 18.9 Å². The van der Waals surface area contributed by atoms with Crippen LogP contribution in [0.3, 0.4) is 0 Å². The molecule has 0 N–H and O–H groups in total. The molecule has 0 radical (unpaired) electrons. The maximum Gasteiger partial charge on any atom is 1.00 e. The summed E-state index contributed by atoms with van der Waals surface area (Å²) in [5.74, 6) is 1.97. The van der Waals surface area contributed by atoms with E-state index in [-0.39, 0.29) is 26.3 Å². The summed E-state index contributed by atoms with van der Waals surface area (Å²) in [6.45, 7) is 5.49. The number of nitrogens with zero attached hydrogens (tertiary/aromatic N) is 2. The Kier molecular flexibility index (Phi) is 5.39. The Balaban J connectivity index is 0.000000640. The van der Waals surface area contributed by atoms with Crippen molar-refractivity contribution in [1.82, 2.24) is 9.80 Å². The minimum atomic E-state index is 0. The topological polar surface area (TPSA) is 6.48 Å². The number of fused-ring (bicyclic) bond motifs is 4. The first kappa shape index (κ1) is 14.6. The summed E-state index contributed by atoms with van der Waals surface area (Å²) in [5.41, 5.74) is 0. The molecule has 0 aliphatic carbocycles. The number of piperidine rings is 3. The van der Waals surface area contributed by atoms with Crippen LogP contribution in [0.25, 0.3) is 0 Å². The Labute approximate surface area is 113 Å². The van der Waals surface area contributed by atoms with Crippen molar-refractivity contribution in [1.29, 1.82) is 0 Å². The van der Waals surface area contributed by atoms with Crippen LogP contribution >= 0.6 is 0 Å². The average Bonchev–Trinajstić information content (AvgIpc) is 2.17. The Bertz CT molecular complexity index is 220. The molecule has 3 aliphatic rings. The molecule has 0 aromatic rings. The van der Waals surface area contributed by atoms with Crippen LogP contribution < -0.4 is 18.9 Å². The fraction of sp³-hybridized carbons (Fsp3) is 0.923. The maximum atomic E-state index is 2.80. The van der Waals surface area contributed by atoms with E-state index in [0.717, 1.165) is 17.9 Å². The molecule has 0 amide bonds. The molecule has 3 heterocycles. The van der Waals surface area contributed by atoms with Crippen molar-refractivity contribution in [3.63, 3.8) is 0 Å². The van der Waals surface area contributed by atoms with Crippen LogP contribution in [-0.4, -0.2) is 49.1 Å². The first-order valence-electron chi connectivity index (χ1n) is 6.25. The Morgan fingerprint density at radius 3 is 2.69 bits per heavy atom. The third-order valence-corrected chi connectivity index (χ3v) is 4.45. The van der Waals surface area contributed by atoms with Gasteiger partial charge in [-0.25, -0.2) is 0 Å². The van der Waals surface area contributed by atoms with Crippen molar-refractivity contribution in [2.75, 3.05) is 33.2 Å². The smallest absolute Gasteiger partial charge is 0.358 e. The zero-order valence-electron chi connectivity index (χ0n) is 11.3. The molecule has 3 aliphatic heterocycles. The molecule has 3 heteroatoms. The second kappa shape index (κ2) is 5.91. The molecule has 0 aromatic carbocycles. The third-order valence-electron chi connectivity index (χ3n) is 4.45. The van der Waals surface area contributed by atoms with Gasteiger partial charge in [-0.15, -0.1) is 0 Å². The van der Waals surface area contributed by atoms with E-state index in [2.05, 4.69) is 16.8 Å². The molecular formula is C13H25LiN2. The van der Waals surface area contributed by atoms with E-state index in [1.165, 1.54) is 51.9 Å². The van der Waals surface area contributed by atoms with Gasteiger partial charge in [-0.3, -0.25) is 4.90 Å². The van der Waals surface area contributed by atoms with E-state index in [0.29, 0.717) is 0 Å². The van der Waals surface area contributed by atoms with Crippen LogP contribution in [0.1, 0.15) is 25.7 Å². The molecule has 0 aromatic heterocycles. The van der Waals surface area contributed by atoms with E-state index >= 15 is 0 Å². The Morgan fingerprint density at radius 1 is 1.06 bits per heavy atom. The number of hydrogen-bond acceptors (Lipinski definition) is 2. The molecule has 3 rings (SSSR count). The Hall–Kier alpha value is 0.517. The molecule has 0 saturated carbocycles. The van der Waals surface area contributed by atoms with Crippen molar-refractivity contribution in [2.24, 2.45) is 11.8 Å². The van der Waals surface area contributed by atoms with Crippen molar-refractivity contribution in [3.05, 3.63) is 7.43 Å². The summed E-state index contributed by atoms with van der Waals surface area (Å²) < 4.78 is 0. The number of hydrogen-bond donors (Lipinski definition) is 0. The van der Waals surface area contributed by atoms with E-state index in [1.807, 2.05) is 0 Å². The van der Waals surface area contributed by atoms with Crippen molar-refractivity contribution in [3.8, 4) is 0 Å².